The maximum Gasteiger partial charge on any atom is 0.234 e. The van der Waals surface area contributed by atoms with Gasteiger partial charge in [-0.1, -0.05) is 24.3 Å². The van der Waals surface area contributed by atoms with Gasteiger partial charge in [-0.2, -0.15) is 0 Å². The number of hydrogen-bond acceptors (Lipinski definition) is 3. The average Bonchev–Trinajstić information content (AvgIpc) is 3.09. The van der Waals surface area contributed by atoms with Gasteiger partial charge in [0.05, 0.1) is 6.54 Å². The van der Waals surface area contributed by atoms with Gasteiger partial charge in [-0.05, 0) is 63.4 Å². The molecule has 3 rings (SSSR count). The largest absolute Gasteiger partial charge is 0.351 e. The summed E-state index contributed by atoms with van der Waals surface area (Å²) in [7, 11) is 0. The van der Waals surface area contributed by atoms with Gasteiger partial charge in [-0.25, -0.2) is 0 Å². The van der Waals surface area contributed by atoms with Gasteiger partial charge in [-0.15, -0.1) is 0 Å². The van der Waals surface area contributed by atoms with Gasteiger partial charge < -0.3 is 5.32 Å². The van der Waals surface area contributed by atoms with E-state index in [0.717, 1.165) is 13.1 Å². The van der Waals surface area contributed by atoms with E-state index in [1.54, 1.807) is 0 Å². The second-order valence-electron chi connectivity index (χ2n) is 6.98. The molecule has 1 aromatic rings. The Hall–Kier alpha value is -1.39. The number of benzene rings is 1. The normalized spacial score (nSPS) is 23.1. The van der Waals surface area contributed by atoms with Gasteiger partial charge in [0.15, 0.2) is 0 Å². The van der Waals surface area contributed by atoms with Gasteiger partial charge >= 0.3 is 0 Å². The maximum absolute atomic E-state index is 12.3. The van der Waals surface area contributed by atoms with E-state index in [-0.39, 0.29) is 5.91 Å². The Morgan fingerprint density at radius 2 is 1.96 bits per heavy atom. The molecule has 2 heterocycles. The van der Waals surface area contributed by atoms with Crippen molar-refractivity contribution in [2.75, 3.05) is 32.7 Å². The Labute approximate surface area is 139 Å². The van der Waals surface area contributed by atoms with Crippen LogP contribution in [0.2, 0.25) is 0 Å². The second-order valence-corrected chi connectivity index (χ2v) is 6.98. The first kappa shape index (κ1) is 16.5. The molecule has 23 heavy (non-hydrogen) atoms. The molecular formula is C19H29N3O. The van der Waals surface area contributed by atoms with E-state index in [0.29, 0.717) is 19.1 Å². The first-order valence-corrected chi connectivity index (χ1v) is 9.00. The van der Waals surface area contributed by atoms with Crippen molar-refractivity contribution in [2.45, 2.75) is 45.2 Å². The lowest BCUT2D eigenvalue weighted by Gasteiger charge is -2.37. The minimum Gasteiger partial charge on any atom is -0.351 e. The molecule has 0 radical (unpaired) electrons. The van der Waals surface area contributed by atoms with E-state index in [4.69, 9.17) is 0 Å². The number of carbonyl (C=O) groups excluding carboxylic acids is 1. The quantitative estimate of drug-likeness (QED) is 0.904. The molecule has 126 valence electrons. The van der Waals surface area contributed by atoms with Gasteiger partial charge in [-0.3, -0.25) is 14.6 Å². The number of carbonyl (C=O) groups is 1. The number of nitrogens with one attached hydrogen (secondary N) is 1. The van der Waals surface area contributed by atoms with E-state index in [9.17, 15) is 4.79 Å². The first-order valence-electron chi connectivity index (χ1n) is 9.00. The first-order chi connectivity index (χ1) is 11.2. The summed E-state index contributed by atoms with van der Waals surface area (Å²) < 4.78 is 0. The fourth-order valence-electron chi connectivity index (χ4n) is 3.84. The SMILES string of the molecule is Cc1ccccc1CNC(=O)CN1CCCC(N2CCCC2)C1. The van der Waals surface area contributed by atoms with Gasteiger partial charge in [0.2, 0.25) is 5.91 Å². The molecule has 2 aliphatic heterocycles. The second kappa shape index (κ2) is 7.93. The lowest BCUT2D eigenvalue weighted by atomic mass is 10.0. The summed E-state index contributed by atoms with van der Waals surface area (Å²) in [6.45, 7) is 7.87. The lowest BCUT2D eigenvalue weighted by Crippen LogP contribution is -2.49. The van der Waals surface area contributed by atoms with Crippen molar-refractivity contribution in [1.82, 2.24) is 15.1 Å². The van der Waals surface area contributed by atoms with Crippen LogP contribution in [-0.2, 0) is 11.3 Å². The fraction of sp³-hybridized carbons (Fsp3) is 0.632. The molecule has 1 atom stereocenters. The third kappa shape index (κ3) is 4.55. The number of aryl methyl sites for hydroxylation is 1. The van der Waals surface area contributed by atoms with Crippen LogP contribution in [0.15, 0.2) is 24.3 Å². The van der Waals surface area contributed by atoms with Crippen LogP contribution < -0.4 is 5.32 Å². The van der Waals surface area contributed by atoms with Crippen molar-refractivity contribution >= 4 is 5.91 Å². The van der Waals surface area contributed by atoms with Gasteiger partial charge in [0, 0.05) is 19.1 Å². The van der Waals surface area contributed by atoms with Crippen LogP contribution in [0.3, 0.4) is 0 Å². The molecule has 0 saturated carbocycles. The van der Waals surface area contributed by atoms with Crippen LogP contribution in [0.5, 0.6) is 0 Å². The van der Waals surface area contributed by atoms with Crippen molar-refractivity contribution in [3.05, 3.63) is 35.4 Å². The molecule has 1 aromatic carbocycles. The molecule has 0 bridgehead atoms. The van der Waals surface area contributed by atoms with Gasteiger partial charge in [0.1, 0.15) is 0 Å². The molecular weight excluding hydrogens is 286 g/mol. The van der Waals surface area contributed by atoms with Crippen molar-refractivity contribution in [2.24, 2.45) is 0 Å². The average molecular weight is 315 g/mol. The topological polar surface area (TPSA) is 35.6 Å². The maximum atomic E-state index is 12.3. The smallest absolute Gasteiger partial charge is 0.234 e. The Morgan fingerprint density at radius 3 is 2.74 bits per heavy atom. The van der Waals surface area contributed by atoms with E-state index in [1.807, 2.05) is 12.1 Å². The molecule has 2 saturated heterocycles. The molecule has 2 aliphatic rings. The molecule has 1 unspecified atom stereocenters. The monoisotopic (exact) mass is 315 g/mol. The summed E-state index contributed by atoms with van der Waals surface area (Å²) in [5, 5.41) is 3.08. The predicted octanol–water partition coefficient (Wildman–Crippen LogP) is 2.17. The van der Waals surface area contributed by atoms with E-state index in [1.165, 1.54) is 49.9 Å². The molecule has 0 aliphatic carbocycles. The summed E-state index contributed by atoms with van der Waals surface area (Å²) in [5.41, 5.74) is 2.44. The van der Waals surface area contributed by atoms with Crippen LogP contribution in [0, 0.1) is 6.92 Å². The third-order valence-electron chi connectivity index (χ3n) is 5.24. The van der Waals surface area contributed by atoms with Gasteiger partial charge in [0.25, 0.3) is 0 Å². The minimum absolute atomic E-state index is 0.148. The third-order valence-corrected chi connectivity index (χ3v) is 5.24. The number of likely N-dealkylation sites (tertiary alicyclic amines) is 2. The molecule has 0 aromatic heterocycles. The summed E-state index contributed by atoms with van der Waals surface area (Å²) in [5.74, 6) is 0.148. The van der Waals surface area contributed by atoms with E-state index < -0.39 is 0 Å². The predicted molar refractivity (Wildman–Crippen MR) is 93.3 cm³/mol. The number of rotatable bonds is 5. The number of hydrogen-bond donors (Lipinski definition) is 1. The van der Waals surface area contributed by atoms with Crippen molar-refractivity contribution in [1.29, 1.82) is 0 Å². The Morgan fingerprint density at radius 1 is 1.17 bits per heavy atom. The number of piperidine rings is 1. The zero-order valence-corrected chi connectivity index (χ0v) is 14.3. The molecule has 1 N–H and O–H groups in total. The van der Waals surface area contributed by atoms with Crippen LogP contribution in [0.1, 0.15) is 36.8 Å². The highest BCUT2D eigenvalue weighted by Gasteiger charge is 2.27. The van der Waals surface area contributed by atoms with E-state index in [2.05, 4.69) is 34.2 Å². The lowest BCUT2D eigenvalue weighted by molar-refractivity contribution is -0.122. The summed E-state index contributed by atoms with van der Waals surface area (Å²) >= 11 is 0. The molecule has 2 fully saturated rings. The minimum atomic E-state index is 0.148. The zero-order chi connectivity index (χ0) is 16.1. The van der Waals surface area contributed by atoms with Crippen LogP contribution in [0.4, 0.5) is 0 Å². The summed E-state index contributed by atoms with van der Waals surface area (Å²) in [6.07, 6.45) is 5.19. The highest BCUT2D eigenvalue weighted by Crippen LogP contribution is 2.20. The van der Waals surface area contributed by atoms with Crippen molar-refractivity contribution in [3.63, 3.8) is 0 Å². The van der Waals surface area contributed by atoms with Crippen molar-refractivity contribution in [3.8, 4) is 0 Å². The fourth-order valence-corrected chi connectivity index (χ4v) is 3.84. The number of amides is 1. The zero-order valence-electron chi connectivity index (χ0n) is 14.3. The highest BCUT2D eigenvalue weighted by molar-refractivity contribution is 5.78. The Kier molecular flexibility index (Phi) is 5.68. The molecule has 4 heteroatoms. The standard InChI is InChI=1S/C19H29N3O/c1-16-7-2-3-8-17(16)13-20-19(23)15-21-10-6-9-18(14-21)22-11-4-5-12-22/h2-3,7-8,18H,4-6,9-15H2,1H3,(H,20,23). The van der Waals surface area contributed by atoms with Crippen LogP contribution in [-0.4, -0.2) is 54.5 Å². The van der Waals surface area contributed by atoms with Crippen LogP contribution in [0.25, 0.3) is 0 Å². The highest BCUT2D eigenvalue weighted by atomic mass is 16.2. The van der Waals surface area contributed by atoms with E-state index >= 15 is 0 Å². The Bertz CT molecular complexity index is 525. The molecule has 1 amide bonds. The molecule has 0 spiro atoms. The summed E-state index contributed by atoms with van der Waals surface area (Å²) in [6, 6.07) is 8.90. The number of nitrogens with zero attached hydrogens (tertiary/aromatic N) is 2. The molecule has 4 nitrogen and oxygen atoms in total. The Balaban J connectivity index is 1.44. The van der Waals surface area contributed by atoms with Crippen molar-refractivity contribution < 1.29 is 4.79 Å². The summed E-state index contributed by atoms with van der Waals surface area (Å²) in [4.78, 5) is 17.2. The van der Waals surface area contributed by atoms with Crippen LogP contribution >= 0.6 is 0 Å².